The Kier molecular flexibility index (Phi) is 5.40. The van der Waals surface area contributed by atoms with Crippen molar-refractivity contribution in [2.75, 3.05) is 20.8 Å². The molecule has 114 valence electrons. The molecule has 0 bridgehead atoms. The van der Waals surface area contributed by atoms with E-state index in [2.05, 4.69) is 10.5 Å². The number of halogens is 1. The van der Waals surface area contributed by atoms with Crippen molar-refractivity contribution >= 4 is 11.6 Å². The lowest BCUT2D eigenvalue weighted by Gasteiger charge is -2.42. The molecule has 20 heavy (non-hydrogen) atoms. The summed E-state index contributed by atoms with van der Waals surface area (Å²) in [6, 6.07) is -0.0814. The van der Waals surface area contributed by atoms with Gasteiger partial charge in [0.15, 0.2) is 0 Å². The van der Waals surface area contributed by atoms with Crippen molar-refractivity contribution in [3.05, 3.63) is 16.9 Å². The molecule has 1 atom stereocenters. The number of hydrazine groups is 1. The number of methoxy groups -OCH3 is 2. The Morgan fingerprint density at radius 3 is 2.80 bits per heavy atom. The van der Waals surface area contributed by atoms with Crippen LogP contribution in [0.2, 0.25) is 5.02 Å². The summed E-state index contributed by atoms with van der Waals surface area (Å²) in [5, 5.41) is 4.91. The van der Waals surface area contributed by atoms with Gasteiger partial charge >= 0.3 is 0 Å². The zero-order chi connectivity index (χ0) is 14.6. The van der Waals surface area contributed by atoms with Gasteiger partial charge in [-0.15, -0.1) is 0 Å². The first-order chi connectivity index (χ1) is 9.65. The Labute approximate surface area is 124 Å². The van der Waals surface area contributed by atoms with Gasteiger partial charge in [-0.05, 0) is 25.7 Å². The Hall–Kier alpha value is -0.660. The van der Waals surface area contributed by atoms with E-state index in [4.69, 9.17) is 26.9 Å². The number of hydrogen-bond acceptors (Lipinski definition) is 5. The van der Waals surface area contributed by atoms with Crippen LogP contribution in [0.1, 0.15) is 37.4 Å². The molecule has 1 unspecified atom stereocenters. The molecule has 0 aromatic carbocycles. The van der Waals surface area contributed by atoms with Crippen molar-refractivity contribution in [1.82, 2.24) is 15.2 Å². The maximum absolute atomic E-state index is 6.27. The molecule has 3 N–H and O–H groups in total. The van der Waals surface area contributed by atoms with E-state index in [0.717, 1.165) is 25.0 Å². The molecule has 0 amide bonds. The maximum Gasteiger partial charge on any atom is 0.0834 e. The molecule has 7 heteroatoms. The van der Waals surface area contributed by atoms with E-state index in [-0.39, 0.29) is 11.6 Å². The molecule has 1 aliphatic carbocycles. The van der Waals surface area contributed by atoms with Crippen LogP contribution >= 0.6 is 11.6 Å². The zero-order valence-corrected chi connectivity index (χ0v) is 12.8. The van der Waals surface area contributed by atoms with Crippen molar-refractivity contribution in [3.8, 4) is 0 Å². The number of nitrogens with two attached hydrogens (primary N) is 1. The van der Waals surface area contributed by atoms with Gasteiger partial charge in [-0.1, -0.05) is 11.6 Å². The molecule has 1 aromatic heterocycles. The highest BCUT2D eigenvalue weighted by atomic mass is 35.5. The highest BCUT2D eigenvalue weighted by Gasteiger charge is 2.40. The van der Waals surface area contributed by atoms with Crippen molar-refractivity contribution in [1.29, 1.82) is 0 Å². The summed E-state index contributed by atoms with van der Waals surface area (Å²) >= 11 is 6.27. The lowest BCUT2D eigenvalue weighted by atomic mass is 9.75. The van der Waals surface area contributed by atoms with Crippen LogP contribution in [-0.2, 0) is 16.0 Å². The van der Waals surface area contributed by atoms with Gasteiger partial charge in [-0.25, -0.2) is 0 Å². The van der Waals surface area contributed by atoms with E-state index in [1.165, 1.54) is 6.42 Å². The van der Waals surface area contributed by atoms with Gasteiger partial charge in [0.1, 0.15) is 0 Å². The van der Waals surface area contributed by atoms with Crippen molar-refractivity contribution in [2.45, 2.75) is 43.9 Å². The smallest absolute Gasteiger partial charge is 0.0834 e. The molecule has 0 radical (unpaired) electrons. The summed E-state index contributed by atoms with van der Waals surface area (Å²) in [5.41, 5.74) is 3.67. The third kappa shape index (κ3) is 3.15. The topological polar surface area (TPSA) is 74.3 Å². The lowest BCUT2D eigenvalue weighted by Crippen LogP contribution is -2.44. The molecular formula is C13H23ClN4O2. The number of hydrogen-bond donors (Lipinski definition) is 2. The number of aromatic nitrogens is 2. The predicted molar refractivity (Wildman–Crippen MR) is 77.4 cm³/mol. The standard InChI is InChI=1S/C13H23ClN4O2/c1-19-7-6-18-12(10(14)9-16-18)11(17-15)8-13(20-2)4-3-5-13/h9,11,17H,3-8,15H2,1-2H3. The van der Waals surface area contributed by atoms with Crippen molar-refractivity contribution < 1.29 is 9.47 Å². The van der Waals surface area contributed by atoms with E-state index in [0.29, 0.717) is 18.2 Å². The molecule has 2 rings (SSSR count). The van der Waals surface area contributed by atoms with Crippen LogP contribution < -0.4 is 11.3 Å². The van der Waals surface area contributed by atoms with E-state index < -0.39 is 0 Å². The lowest BCUT2D eigenvalue weighted by molar-refractivity contribution is -0.0843. The van der Waals surface area contributed by atoms with Gasteiger partial charge in [0.25, 0.3) is 0 Å². The van der Waals surface area contributed by atoms with Gasteiger partial charge in [-0.3, -0.25) is 16.0 Å². The average molecular weight is 303 g/mol. The fourth-order valence-corrected chi connectivity index (χ4v) is 3.02. The monoisotopic (exact) mass is 302 g/mol. The molecular weight excluding hydrogens is 280 g/mol. The predicted octanol–water partition coefficient (Wildman–Crippen LogP) is 1.65. The first-order valence-electron chi connectivity index (χ1n) is 6.87. The van der Waals surface area contributed by atoms with E-state index in [1.54, 1.807) is 20.4 Å². The van der Waals surface area contributed by atoms with Crippen molar-refractivity contribution in [2.24, 2.45) is 5.84 Å². The number of nitrogens with one attached hydrogen (secondary N) is 1. The van der Waals surface area contributed by atoms with Crippen LogP contribution in [0.25, 0.3) is 0 Å². The Bertz CT molecular complexity index is 428. The Morgan fingerprint density at radius 1 is 1.55 bits per heavy atom. The number of nitrogens with zero attached hydrogens (tertiary/aromatic N) is 2. The summed E-state index contributed by atoms with van der Waals surface area (Å²) in [6.45, 7) is 1.23. The Morgan fingerprint density at radius 2 is 2.30 bits per heavy atom. The molecule has 1 saturated carbocycles. The van der Waals surface area contributed by atoms with E-state index in [9.17, 15) is 0 Å². The van der Waals surface area contributed by atoms with Gasteiger partial charge < -0.3 is 9.47 Å². The van der Waals surface area contributed by atoms with Crippen LogP contribution in [0.3, 0.4) is 0 Å². The summed E-state index contributed by atoms with van der Waals surface area (Å²) in [6.07, 6.45) is 5.76. The molecule has 1 aliphatic rings. The first-order valence-corrected chi connectivity index (χ1v) is 7.25. The van der Waals surface area contributed by atoms with E-state index >= 15 is 0 Å². The number of rotatable bonds is 8. The largest absolute Gasteiger partial charge is 0.383 e. The summed E-state index contributed by atoms with van der Waals surface area (Å²) in [7, 11) is 3.42. The van der Waals surface area contributed by atoms with Crippen LogP contribution in [0.15, 0.2) is 6.20 Å². The summed E-state index contributed by atoms with van der Waals surface area (Å²) < 4.78 is 12.6. The third-order valence-electron chi connectivity index (χ3n) is 4.15. The normalized spacial score (nSPS) is 18.8. The SMILES string of the molecule is COCCn1ncc(Cl)c1C(CC1(OC)CCC1)NN. The molecule has 1 heterocycles. The Balaban J connectivity index is 2.16. The minimum atomic E-state index is -0.0866. The molecule has 0 spiro atoms. The first kappa shape index (κ1) is 15.7. The molecule has 1 aromatic rings. The third-order valence-corrected chi connectivity index (χ3v) is 4.44. The second-order valence-electron chi connectivity index (χ2n) is 5.26. The summed E-state index contributed by atoms with van der Waals surface area (Å²) in [5.74, 6) is 5.73. The van der Waals surface area contributed by atoms with Gasteiger partial charge in [-0.2, -0.15) is 5.10 Å². The van der Waals surface area contributed by atoms with Crippen molar-refractivity contribution in [3.63, 3.8) is 0 Å². The molecule has 6 nitrogen and oxygen atoms in total. The minimum Gasteiger partial charge on any atom is -0.383 e. The van der Waals surface area contributed by atoms with Gasteiger partial charge in [0.05, 0.1) is 41.7 Å². The second-order valence-corrected chi connectivity index (χ2v) is 5.66. The number of ether oxygens (including phenoxy) is 2. The van der Waals surface area contributed by atoms with Gasteiger partial charge in [0.2, 0.25) is 0 Å². The minimum absolute atomic E-state index is 0.0814. The highest BCUT2D eigenvalue weighted by Crippen LogP contribution is 2.42. The molecule has 0 saturated heterocycles. The second kappa shape index (κ2) is 6.87. The quantitative estimate of drug-likeness (QED) is 0.564. The van der Waals surface area contributed by atoms with Crippen LogP contribution in [0.4, 0.5) is 0 Å². The van der Waals surface area contributed by atoms with Gasteiger partial charge in [0, 0.05) is 14.2 Å². The maximum atomic E-state index is 6.27. The zero-order valence-electron chi connectivity index (χ0n) is 12.1. The fourth-order valence-electron chi connectivity index (χ4n) is 2.74. The van der Waals surface area contributed by atoms with Crippen LogP contribution in [0, 0.1) is 0 Å². The van der Waals surface area contributed by atoms with Crippen LogP contribution in [0.5, 0.6) is 0 Å². The fraction of sp³-hybridized carbons (Fsp3) is 0.769. The summed E-state index contributed by atoms with van der Waals surface area (Å²) in [4.78, 5) is 0. The van der Waals surface area contributed by atoms with E-state index in [1.807, 2.05) is 4.68 Å². The highest BCUT2D eigenvalue weighted by molar-refractivity contribution is 6.31. The van der Waals surface area contributed by atoms with Crippen LogP contribution in [-0.4, -0.2) is 36.2 Å². The molecule has 0 aliphatic heterocycles. The molecule has 1 fully saturated rings. The average Bonchev–Trinajstić information content (AvgIpc) is 2.78.